The number of rotatable bonds is 10. The zero-order valence-corrected chi connectivity index (χ0v) is 17.8. The first-order chi connectivity index (χ1) is 13.5. The van der Waals surface area contributed by atoms with Crippen LogP contribution in [0.15, 0.2) is 54.6 Å². The van der Waals surface area contributed by atoms with Gasteiger partial charge in [0.25, 0.3) is 0 Å². The summed E-state index contributed by atoms with van der Waals surface area (Å²) in [7, 11) is 0. The number of carbonyl (C=O) groups excluding carboxylic acids is 2. The molecular weight excluding hydrogens is 368 g/mol. The van der Waals surface area contributed by atoms with Crippen LogP contribution in [-0.2, 0) is 21.9 Å². The zero-order chi connectivity index (χ0) is 20.4. The molecule has 0 aromatic heterocycles. The Labute approximate surface area is 172 Å². The molecule has 4 nitrogen and oxygen atoms in total. The van der Waals surface area contributed by atoms with Crippen LogP contribution in [0.2, 0.25) is 0 Å². The van der Waals surface area contributed by atoms with E-state index in [2.05, 4.69) is 30.4 Å². The van der Waals surface area contributed by atoms with Crippen molar-refractivity contribution in [1.29, 1.82) is 0 Å². The molecule has 150 valence electrons. The van der Waals surface area contributed by atoms with E-state index in [4.69, 9.17) is 0 Å². The van der Waals surface area contributed by atoms with E-state index in [1.807, 2.05) is 50.2 Å². The summed E-state index contributed by atoms with van der Waals surface area (Å²) in [6, 6.07) is 17.7. The normalized spacial score (nSPS) is 11.7. The molecule has 0 aliphatic carbocycles. The van der Waals surface area contributed by atoms with E-state index >= 15 is 0 Å². The zero-order valence-electron chi connectivity index (χ0n) is 17.0. The van der Waals surface area contributed by atoms with Gasteiger partial charge in [-0.05, 0) is 31.4 Å². The van der Waals surface area contributed by atoms with Gasteiger partial charge in [0.2, 0.25) is 11.8 Å². The highest BCUT2D eigenvalue weighted by molar-refractivity contribution is 7.99. The summed E-state index contributed by atoms with van der Waals surface area (Å²) < 4.78 is 0. The lowest BCUT2D eigenvalue weighted by molar-refractivity contribution is -0.139. The lowest BCUT2D eigenvalue weighted by Crippen LogP contribution is -2.49. The smallest absolute Gasteiger partial charge is 0.242 e. The number of nitrogens with one attached hydrogen (secondary N) is 1. The Bertz CT molecular complexity index is 764. The van der Waals surface area contributed by atoms with Crippen molar-refractivity contribution < 1.29 is 9.59 Å². The van der Waals surface area contributed by atoms with Gasteiger partial charge >= 0.3 is 0 Å². The van der Waals surface area contributed by atoms with E-state index in [9.17, 15) is 9.59 Å². The number of likely N-dealkylation sites (N-methyl/N-ethyl adjacent to an activating group) is 1. The van der Waals surface area contributed by atoms with Gasteiger partial charge in [0.15, 0.2) is 0 Å². The molecule has 0 aliphatic heterocycles. The number of hydrogen-bond acceptors (Lipinski definition) is 3. The van der Waals surface area contributed by atoms with E-state index in [-0.39, 0.29) is 11.8 Å². The first-order valence-corrected chi connectivity index (χ1v) is 10.9. The van der Waals surface area contributed by atoms with Gasteiger partial charge in [-0.25, -0.2) is 0 Å². The van der Waals surface area contributed by atoms with Crippen molar-refractivity contribution in [2.45, 2.75) is 45.5 Å². The Morgan fingerprint density at radius 1 is 1.04 bits per heavy atom. The number of hydrogen-bond donors (Lipinski definition) is 1. The minimum absolute atomic E-state index is 0.000362. The number of carbonyl (C=O) groups is 2. The molecule has 0 unspecified atom stereocenters. The third kappa shape index (κ3) is 6.71. The van der Waals surface area contributed by atoms with Crippen LogP contribution in [0.25, 0.3) is 0 Å². The Hall–Kier alpha value is -2.27. The van der Waals surface area contributed by atoms with Crippen LogP contribution in [-0.4, -0.2) is 35.1 Å². The lowest BCUT2D eigenvalue weighted by atomic mass is 10.1. The van der Waals surface area contributed by atoms with Gasteiger partial charge in [-0.2, -0.15) is 0 Å². The second-order valence-electron chi connectivity index (χ2n) is 6.81. The minimum atomic E-state index is -0.452. The van der Waals surface area contributed by atoms with E-state index in [1.165, 1.54) is 11.1 Å². The summed E-state index contributed by atoms with van der Waals surface area (Å²) in [6.07, 6.45) is 0.590. The molecular formula is C23H30N2O2S. The number of aryl methyl sites for hydroxylation is 1. The fourth-order valence-corrected chi connectivity index (χ4v) is 3.99. The average molecular weight is 399 g/mol. The topological polar surface area (TPSA) is 49.4 Å². The molecule has 5 heteroatoms. The van der Waals surface area contributed by atoms with E-state index < -0.39 is 6.04 Å². The third-order valence-corrected chi connectivity index (χ3v) is 5.50. The van der Waals surface area contributed by atoms with Crippen molar-refractivity contribution in [3.05, 3.63) is 71.3 Å². The van der Waals surface area contributed by atoms with Crippen LogP contribution in [0.1, 0.15) is 37.0 Å². The lowest BCUT2D eigenvalue weighted by Gasteiger charge is -2.30. The van der Waals surface area contributed by atoms with Gasteiger partial charge in [0.1, 0.15) is 6.04 Å². The SMILES string of the molecule is CCNC(=O)[C@H](CC)N(Cc1ccccc1)C(=O)CSCc1cccc(C)c1. The summed E-state index contributed by atoms with van der Waals surface area (Å²) in [5, 5.41) is 2.87. The monoisotopic (exact) mass is 398 g/mol. The largest absolute Gasteiger partial charge is 0.355 e. The highest BCUT2D eigenvalue weighted by atomic mass is 32.2. The summed E-state index contributed by atoms with van der Waals surface area (Å²) in [5.41, 5.74) is 3.46. The second-order valence-corrected chi connectivity index (χ2v) is 7.79. The standard InChI is InChI=1S/C23H30N2O2S/c1-4-21(23(27)24-5-2)25(15-19-11-7-6-8-12-19)22(26)17-28-16-20-13-9-10-18(3)14-20/h6-14,21H,4-5,15-17H2,1-3H3,(H,24,27)/t21-/m0/s1. The Morgan fingerprint density at radius 2 is 1.75 bits per heavy atom. The van der Waals surface area contributed by atoms with Crippen LogP contribution < -0.4 is 5.32 Å². The summed E-state index contributed by atoms with van der Waals surface area (Å²) in [6.45, 7) is 6.92. The Balaban J connectivity index is 2.07. The van der Waals surface area contributed by atoms with E-state index in [1.54, 1.807) is 16.7 Å². The van der Waals surface area contributed by atoms with Crippen molar-refractivity contribution in [2.75, 3.05) is 12.3 Å². The number of thioether (sulfide) groups is 1. The van der Waals surface area contributed by atoms with Gasteiger partial charge < -0.3 is 10.2 Å². The first kappa shape index (κ1) is 22.0. The summed E-state index contributed by atoms with van der Waals surface area (Å²) in [4.78, 5) is 27.3. The molecule has 0 spiro atoms. The predicted octanol–water partition coefficient (Wildman–Crippen LogP) is 4.17. The van der Waals surface area contributed by atoms with E-state index in [0.717, 1.165) is 11.3 Å². The van der Waals surface area contributed by atoms with Gasteiger partial charge in [-0.1, -0.05) is 67.1 Å². The molecule has 28 heavy (non-hydrogen) atoms. The third-order valence-electron chi connectivity index (χ3n) is 4.51. The maximum atomic E-state index is 13.0. The molecule has 0 saturated carbocycles. The van der Waals surface area contributed by atoms with Crippen LogP contribution >= 0.6 is 11.8 Å². The van der Waals surface area contributed by atoms with Crippen LogP contribution in [0.5, 0.6) is 0 Å². The van der Waals surface area contributed by atoms with Crippen molar-refractivity contribution in [3.63, 3.8) is 0 Å². The van der Waals surface area contributed by atoms with Crippen LogP contribution in [0.4, 0.5) is 0 Å². The molecule has 0 bridgehead atoms. The molecule has 2 amide bonds. The quantitative estimate of drug-likeness (QED) is 0.653. The highest BCUT2D eigenvalue weighted by Crippen LogP contribution is 2.17. The Morgan fingerprint density at radius 3 is 2.39 bits per heavy atom. The molecule has 0 radical (unpaired) electrons. The molecule has 0 heterocycles. The molecule has 1 N–H and O–H groups in total. The fourth-order valence-electron chi connectivity index (χ4n) is 3.13. The molecule has 2 aromatic rings. The van der Waals surface area contributed by atoms with Crippen molar-refractivity contribution in [3.8, 4) is 0 Å². The average Bonchev–Trinajstić information content (AvgIpc) is 2.69. The van der Waals surface area contributed by atoms with E-state index in [0.29, 0.717) is 25.3 Å². The van der Waals surface area contributed by atoms with Crippen molar-refractivity contribution in [2.24, 2.45) is 0 Å². The van der Waals surface area contributed by atoms with Gasteiger partial charge in [-0.3, -0.25) is 9.59 Å². The minimum Gasteiger partial charge on any atom is -0.355 e. The van der Waals surface area contributed by atoms with Gasteiger partial charge in [0.05, 0.1) is 5.75 Å². The first-order valence-electron chi connectivity index (χ1n) is 9.79. The number of benzene rings is 2. The molecule has 2 aromatic carbocycles. The van der Waals surface area contributed by atoms with Crippen molar-refractivity contribution in [1.82, 2.24) is 10.2 Å². The Kier molecular flexibility index (Phi) is 9.08. The molecule has 0 aliphatic rings. The van der Waals surface area contributed by atoms with Gasteiger partial charge in [0, 0.05) is 18.8 Å². The summed E-state index contributed by atoms with van der Waals surface area (Å²) in [5.74, 6) is 1.05. The number of nitrogens with zero attached hydrogens (tertiary/aromatic N) is 1. The number of amides is 2. The summed E-state index contributed by atoms with van der Waals surface area (Å²) >= 11 is 1.59. The second kappa shape index (κ2) is 11.5. The van der Waals surface area contributed by atoms with Crippen LogP contribution in [0.3, 0.4) is 0 Å². The highest BCUT2D eigenvalue weighted by Gasteiger charge is 2.28. The van der Waals surface area contributed by atoms with Crippen molar-refractivity contribution >= 4 is 23.6 Å². The fraction of sp³-hybridized carbons (Fsp3) is 0.391. The molecule has 2 rings (SSSR count). The van der Waals surface area contributed by atoms with Crippen LogP contribution in [0, 0.1) is 6.92 Å². The maximum absolute atomic E-state index is 13.0. The maximum Gasteiger partial charge on any atom is 0.242 e. The molecule has 1 atom stereocenters. The van der Waals surface area contributed by atoms with Gasteiger partial charge in [-0.15, -0.1) is 11.8 Å². The molecule has 0 fully saturated rings. The molecule has 0 saturated heterocycles. The predicted molar refractivity (Wildman–Crippen MR) is 117 cm³/mol.